The van der Waals surface area contributed by atoms with Crippen molar-refractivity contribution < 1.29 is 37.7 Å². The summed E-state index contributed by atoms with van der Waals surface area (Å²) in [6.07, 6.45) is -3.66. The summed E-state index contributed by atoms with van der Waals surface area (Å²) in [4.78, 5) is 37.4. The zero-order chi connectivity index (χ0) is 26.0. The first-order valence-electron chi connectivity index (χ1n) is 11.2. The van der Waals surface area contributed by atoms with Gasteiger partial charge in [0.25, 0.3) is 5.91 Å². The molecule has 0 saturated carbocycles. The Bertz CT molecular complexity index is 1120. The summed E-state index contributed by atoms with van der Waals surface area (Å²) in [5.74, 6) is -0.309. The number of pyridine rings is 2. The summed E-state index contributed by atoms with van der Waals surface area (Å²) in [7, 11) is 0. The molecule has 2 aliphatic rings. The van der Waals surface area contributed by atoms with E-state index in [0.717, 1.165) is 6.92 Å². The molecule has 4 heterocycles. The van der Waals surface area contributed by atoms with Crippen molar-refractivity contribution in [3.05, 3.63) is 36.2 Å². The highest BCUT2D eigenvalue weighted by molar-refractivity contribution is 6.05. The van der Waals surface area contributed by atoms with Gasteiger partial charge in [0.2, 0.25) is 0 Å². The fraction of sp³-hybridized carbons (Fsp3) is 0.455. The maximum absolute atomic E-state index is 13.2. The lowest BCUT2D eigenvalue weighted by atomic mass is 10.1. The van der Waals surface area contributed by atoms with Gasteiger partial charge in [-0.25, -0.2) is 14.8 Å². The normalized spacial score (nSPS) is 18.3. The van der Waals surface area contributed by atoms with E-state index in [2.05, 4.69) is 15.3 Å². The SMILES string of the molecule is C[C@@H](NC(=O)c1ccc2c(n1)N(C(=O)Nc1ccc(OC[C@@H](O)CO)cn1)C1CCN2C1)C(F)(F)F. The average molecular weight is 510 g/mol. The molecule has 11 nitrogen and oxygen atoms in total. The number of anilines is 3. The summed E-state index contributed by atoms with van der Waals surface area (Å²) in [5, 5.41) is 22.7. The molecule has 2 aromatic heterocycles. The molecule has 1 fully saturated rings. The molecular formula is C22H25F3N6O5. The van der Waals surface area contributed by atoms with Crippen LogP contribution >= 0.6 is 0 Å². The summed E-state index contributed by atoms with van der Waals surface area (Å²) in [6.45, 7) is 1.46. The molecule has 1 unspecified atom stereocenters. The van der Waals surface area contributed by atoms with Crippen LogP contribution in [0.25, 0.3) is 0 Å². The lowest BCUT2D eigenvalue weighted by Crippen LogP contribution is -2.49. The number of hydrogen-bond acceptors (Lipinski definition) is 8. The molecule has 4 N–H and O–H groups in total. The Kier molecular flexibility index (Phi) is 7.17. The molecule has 2 bridgehead atoms. The summed E-state index contributed by atoms with van der Waals surface area (Å²) < 4.78 is 43.9. The lowest BCUT2D eigenvalue weighted by molar-refractivity contribution is -0.149. The molecular weight excluding hydrogens is 485 g/mol. The van der Waals surface area contributed by atoms with Crippen LogP contribution in [-0.4, -0.2) is 82.8 Å². The maximum Gasteiger partial charge on any atom is 0.408 e. The molecule has 0 aliphatic carbocycles. The molecule has 0 spiro atoms. The molecule has 36 heavy (non-hydrogen) atoms. The van der Waals surface area contributed by atoms with E-state index < -0.39 is 36.9 Å². The molecule has 2 aliphatic heterocycles. The van der Waals surface area contributed by atoms with Gasteiger partial charge in [-0.05, 0) is 37.6 Å². The second-order valence-corrected chi connectivity index (χ2v) is 8.49. The molecule has 0 aromatic carbocycles. The first-order valence-corrected chi connectivity index (χ1v) is 11.2. The Balaban J connectivity index is 1.51. The van der Waals surface area contributed by atoms with Crippen molar-refractivity contribution in [3.8, 4) is 5.75 Å². The van der Waals surface area contributed by atoms with Gasteiger partial charge < -0.3 is 25.2 Å². The molecule has 0 radical (unpaired) electrons. The molecule has 1 saturated heterocycles. The number of carbonyl (C=O) groups excluding carboxylic acids is 2. The van der Waals surface area contributed by atoms with Crippen molar-refractivity contribution in [2.24, 2.45) is 0 Å². The number of alkyl halides is 3. The van der Waals surface area contributed by atoms with Crippen LogP contribution in [0.3, 0.4) is 0 Å². The van der Waals surface area contributed by atoms with Crippen LogP contribution in [0, 0.1) is 0 Å². The molecule has 2 aromatic rings. The fourth-order valence-electron chi connectivity index (χ4n) is 3.90. The third kappa shape index (κ3) is 5.44. The monoisotopic (exact) mass is 510 g/mol. The number of nitrogens with zero attached hydrogens (tertiary/aromatic N) is 4. The second kappa shape index (κ2) is 10.1. The van der Waals surface area contributed by atoms with Crippen LogP contribution < -0.4 is 25.2 Å². The van der Waals surface area contributed by atoms with Crippen LogP contribution in [-0.2, 0) is 0 Å². The minimum absolute atomic E-state index is 0.129. The Labute approximate surface area is 203 Å². The van der Waals surface area contributed by atoms with Gasteiger partial charge in [0.15, 0.2) is 5.82 Å². The number of ether oxygens (including phenoxy) is 1. The first kappa shape index (κ1) is 25.4. The number of rotatable bonds is 7. The van der Waals surface area contributed by atoms with E-state index in [4.69, 9.17) is 9.84 Å². The van der Waals surface area contributed by atoms with Crippen molar-refractivity contribution in [1.29, 1.82) is 0 Å². The van der Waals surface area contributed by atoms with Crippen molar-refractivity contribution in [2.45, 2.75) is 37.7 Å². The van der Waals surface area contributed by atoms with Crippen molar-refractivity contribution in [1.82, 2.24) is 15.3 Å². The van der Waals surface area contributed by atoms with Gasteiger partial charge in [-0.15, -0.1) is 0 Å². The predicted molar refractivity (Wildman–Crippen MR) is 122 cm³/mol. The fourth-order valence-corrected chi connectivity index (χ4v) is 3.90. The molecule has 14 heteroatoms. The van der Waals surface area contributed by atoms with E-state index in [0.29, 0.717) is 30.9 Å². The minimum atomic E-state index is -4.60. The van der Waals surface area contributed by atoms with E-state index in [1.807, 2.05) is 10.2 Å². The zero-order valence-corrected chi connectivity index (χ0v) is 19.2. The highest BCUT2D eigenvalue weighted by Gasteiger charge is 2.41. The third-order valence-corrected chi connectivity index (χ3v) is 5.87. The Morgan fingerprint density at radius 2 is 2.06 bits per heavy atom. The highest BCUT2D eigenvalue weighted by atomic mass is 19.4. The number of aliphatic hydroxyl groups is 2. The van der Waals surface area contributed by atoms with Gasteiger partial charge in [-0.2, -0.15) is 13.2 Å². The van der Waals surface area contributed by atoms with Gasteiger partial charge in [0.1, 0.15) is 36.0 Å². The topological polar surface area (TPSA) is 140 Å². The molecule has 3 atom stereocenters. The number of aliphatic hydroxyl groups excluding tert-OH is 2. The van der Waals surface area contributed by atoms with E-state index in [1.165, 1.54) is 29.3 Å². The quantitative estimate of drug-likeness (QED) is 0.440. The smallest absolute Gasteiger partial charge is 0.408 e. The van der Waals surface area contributed by atoms with Crippen LogP contribution in [0.2, 0.25) is 0 Å². The van der Waals surface area contributed by atoms with Crippen LogP contribution in [0.15, 0.2) is 30.5 Å². The summed E-state index contributed by atoms with van der Waals surface area (Å²) in [5.41, 5.74) is 0.355. The number of halogens is 3. The van der Waals surface area contributed by atoms with E-state index in [9.17, 15) is 27.9 Å². The van der Waals surface area contributed by atoms with Crippen LogP contribution in [0.1, 0.15) is 23.8 Å². The standard InChI is InChI=1S/C22H25F3N6O5/c1-12(22(23,24)25)27-20(34)16-3-4-17-19(28-16)31(13-6-7-30(17)9-13)21(35)29-18-5-2-15(8-26-18)36-11-14(33)10-32/h2-5,8,12-14,32-33H,6-7,9-11H2,1H3,(H,27,34)(H,26,29,35)/t12-,13?,14+/m1/s1. The number of carbonyl (C=O) groups is 2. The predicted octanol–water partition coefficient (Wildman–Crippen LogP) is 1.52. The van der Waals surface area contributed by atoms with Gasteiger partial charge in [0.05, 0.1) is 24.5 Å². The van der Waals surface area contributed by atoms with E-state index in [1.54, 1.807) is 6.07 Å². The number of hydrogen-bond donors (Lipinski definition) is 4. The summed E-state index contributed by atoms with van der Waals surface area (Å²) in [6, 6.07) is 3.04. The largest absolute Gasteiger partial charge is 0.489 e. The lowest BCUT2D eigenvalue weighted by Gasteiger charge is -2.35. The number of aromatic nitrogens is 2. The number of fused-ring (bicyclic) bond motifs is 4. The van der Waals surface area contributed by atoms with E-state index >= 15 is 0 Å². The number of urea groups is 1. The Morgan fingerprint density at radius 1 is 1.28 bits per heavy atom. The van der Waals surface area contributed by atoms with Gasteiger partial charge in [-0.1, -0.05) is 0 Å². The Hall–Kier alpha value is -3.65. The van der Waals surface area contributed by atoms with Crippen molar-refractivity contribution >= 4 is 29.3 Å². The van der Waals surface area contributed by atoms with Crippen LogP contribution in [0.4, 0.5) is 35.3 Å². The Morgan fingerprint density at radius 3 is 2.72 bits per heavy atom. The second-order valence-electron chi connectivity index (χ2n) is 8.49. The molecule has 4 rings (SSSR count). The molecule has 194 valence electrons. The molecule has 3 amide bonds. The average Bonchev–Trinajstić information content (AvgIpc) is 3.26. The van der Waals surface area contributed by atoms with Gasteiger partial charge in [-0.3, -0.25) is 15.0 Å². The maximum atomic E-state index is 13.2. The number of nitrogens with one attached hydrogen (secondary N) is 2. The van der Waals surface area contributed by atoms with Gasteiger partial charge >= 0.3 is 12.2 Å². The van der Waals surface area contributed by atoms with Crippen LogP contribution in [0.5, 0.6) is 5.75 Å². The minimum Gasteiger partial charge on any atom is -0.489 e. The third-order valence-electron chi connectivity index (χ3n) is 5.87. The van der Waals surface area contributed by atoms with Gasteiger partial charge in [0, 0.05) is 13.1 Å². The van der Waals surface area contributed by atoms with Crippen molar-refractivity contribution in [3.63, 3.8) is 0 Å². The highest BCUT2D eigenvalue weighted by Crippen LogP contribution is 2.39. The summed E-state index contributed by atoms with van der Waals surface area (Å²) >= 11 is 0. The van der Waals surface area contributed by atoms with E-state index in [-0.39, 0.29) is 30.0 Å². The van der Waals surface area contributed by atoms with Crippen molar-refractivity contribution in [2.75, 3.05) is 41.4 Å². The first-order chi connectivity index (χ1) is 17.1. The number of amides is 3. The zero-order valence-electron chi connectivity index (χ0n) is 19.2.